The number of aryl methyl sites for hydroxylation is 3. The molecule has 0 heterocycles. The molecule has 0 atom stereocenters. The van der Waals surface area contributed by atoms with Crippen molar-refractivity contribution in [1.29, 1.82) is 0 Å². The van der Waals surface area contributed by atoms with E-state index in [1.54, 1.807) is 12.1 Å². The summed E-state index contributed by atoms with van der Waals surface area (Å²) >= 11 is 0. The number of fused-ring (bicyclic) bond motifs is 1. The standard InChI is InChI=1S/C28H30F2/c1-2-20-3-5-21(6-4-20)7-8-23-12-18-27-25(19-23)15-14-24(28(27)30)13-9-22-10-16-26(29)17-11-22/h2,10-12,14-21H,1,3-9,13H2. The Bertz CT molecular complexity index is 995. The molecule has 0 amide bonds. The van der Waals surface area contributed by atoms with E-state index in [-0.39, 0.29) is 11.6 Å². The Balaban J connectivity index is 1.39. The molecule has 30 heavy (non-hydrogen) atoms. The molecule has 0 unspecified atom stereocenters. The summed E-state index contributed by atoms with van der Waals surface area (Å²) in [4.78, 5) is 0. The van der Waals surface area contributed by atoms with Crippen LogP contribution in [0.4, 0.5) is 8.78 Å². The van der Waals surface area contributed by atoms with E-state index >= 15 is 4.39 Å². The van der Waals surface area contributed by atoms with E-state index in [0.717, 1.165) is 28.9 Å². The average Bonchev–Trinajstić information content (AvgIpc) is 2.78. The Hall–Kier alpha value is -2.48. The minimum Gasteiger partial charge on any atom is -0.207 e. The van der Waals surface area contributed by atoms with Crippen molar-refractivity contribution in [3.63, 3.8) is 0 Å². The number of benzene rings is 3. The van der Waals surface area contributed by atoms with E-state index < -0.39 is 0 Å². The van der Waals surface area contributed by atoms with Crippen LogP contribution < -0.4 is 0 Å². The number of hydrogen-bond acceptors (Lipinski definition) is 0. The molecular formula is C28H30F2. The van der Waals surface area contributed by atoms with Gasteiger partial charge in [0.1, 0.15) is 11.6 Å². The van der Waals surface area contributed by atoms with Crippen molar-refractivity contribution < 1.29 is 8.78 Å². The van der Waals surface area contributed by atoms with Crippen LogP contribution in [0.5, 0.6) is 0 Å². The lowest BCUT2D eigenvalue weighted by Gasteiger charge is -2.26. The van der Waals surface area contributed by atoms with Gasteiger partial charge < -0.3 is 0 Å². The minimum atomic E-state index is -0.240. The first-order valence-corrected chi connectivity index (χ1v) is 11.2. The maximum Gasteiger partial charge on any atom is 0.134 e. The molecule has 0 spiro atoms. The topological polar surface area (TPSA) is 0 Å². The minimum absolute atomic E-state index is 0.121. The molecule has 0 nitrogen and oxygen atoms in total. The Morgan fingerprint density at radius 2 is 1.53 bits per heavy atom. The molecule has 0 radical (unpaired) electrons. The van der Waals surface area contributed by atoms with Crippen LogP contribution in [-0.4, -0.2) is 0 Å². The number of allylic oxidation sites excluding steroid dienone is 1. The third-order valence-electron chi connectivity index (χ3n) is 6.76. The molecule has 0 aromatic heterocycles. The van der Waals surface area contributed by atoms with Crippen LogP contribution in [0.3, 0.4) is 0 Å². The fourth-order valence-corrected chi connectivity index (χ4v) is 4.75. The molecular weight excluding hydrogens is 374 g/mol. The highest BCUT2D eigenvalue weighted by Gasteiger charge is 2.19. The van der Waals surface area contributed by atoms with Gasteiger partial charge in [-0.05, 0) is 97.4 Å². The van der Waals surface area contributed by atoms with Crippen LogP contribution in [0.15, 0.2) is 67.3 Å². The van der Waals surface area contributed by atoms with Gasteiger partial charge in [0.25, 0.3) is 0 Å². The van der Waals surface area contributed by atoms with E-state index in [9.17, 15) is 4.39 Å². The summed E-state index contributed by atoms with van der Waals surface area (Å²) < 4.78 is 28.1. The predicted molar refractivity (Wildman–Crippen MR) is 122 cm³/mol. The molecule has 1 fully saturated rings. The van der Waals surface area contributed by atoms with Crippen LogP contribution in [0.2, 0.25) is 0 Å². The van der Waals surface area contributed by atoms with Crippen LogP contribution >= 0.6 is 0 Å². The third-order valence-corrected chi connectivity index (χ3v) is 6.76. The summed E-state index contributed by atoms with van der Waals surface area (Å²) in [5, 5.41) is 1.67. The summed E-state index contributed by atoms with van der Waals surface area (Å²) in [5.41, 5.74) is 3.04. The van der Waals surface area contributed by atoms with Gasteiger partial charge in [-0.1, -0.05) is 48.5 Å². The van der Waals surface area contributed by atoms with Crippen molar-refractivity contribution in [3.8, 4) is 0 Å². The van der Waals surface area contributed by atoms with Crippen molar-refractivity contribution >= 4 is 10.8 Å². The molecule has 0 bridgehead atoms. The quantitative estimate of drug-likeness (QED) is 0.352. The lowest BCUT2D eigenvalue weighted by Crippen LogP contribution is -2.13. The lowest BCUT2D eigenvalue weighted by molar-refractivity contribution is 0.296. The van der Waals surface area contributed by atoms with Gasteiger partial charge in [-0.25, -0.2) is 8.78 Å². The van der Waals surface area contributed by atoms with Crippen molar-refractivity contribution in [2.45, 2.75) is 51.4 Å². The Kier molecular flexibility index (Phi) is 6.62. The summed E-state index contributed by atoms with van der Waals surface area (Å²) in [6, 6.07) is 16.6. The van der Waals surface area contributed by atoms with Crippen molar-refractivity contribution in [1.82, 2.24) is 0 Å². The van der Waals surface area contributed by atoms with Gasteiger partial charge in [0.2, 0.25) is 0 Å². The predicted octanol–water partition coefficient (Wildman–Crippen LogP) is 7.83. The second kappa shape index (κ2) is 9.55. The van der Waals surface area contributed by atoms with Gasteiger partial charge in [0.15, 0.2) is 0 Å². The summed E-state index contributed by atoms with van der Waals surface area (Å²) in [6.07, 6.45) is 10.9. The molecule has 0 saturated heterocycles. The average molecular weight is 405 g/mol. The highest BCUT2D eigenvalue weighted by Crippen LogP contribution is 2.32. The summed E-state index contributed by atoms with van der Waals surface area (Å²) in [7, 11) is 0. The zero-order chi connectivity index (χ0) is 20.9. The zero-order valence-corrected chi connectivity index (χ0v) is 17.5. The Morgan fingerprint density at radius 1 is 0.800 bits per heavy atom. The van der Waals surface area contributed by atoms with E-state index in [0.29, 0.717) is 24.1 Å². The SMILES string of the molecule is C=CC1CCC(CCc2ccc3c(F)c(CCc4ccc(F)cc4)ccc3c2)CC1. The zero-order valence-electron chi connectivity index (χ0n) is 17.5. The lowest BCUT2D eigenvalue weighted by atomic mass is 9.79. The number of rotatable bonds is 7. The molecule has 4 rings (SSSR count). The van der Waals surface area contributed by atoms with Crippen molar-refractivity contribution in [2.75, 3.05) is 0 Å². The first-order valence-electron chi connectivity index (χ1n) is 11.2. The maximum atomic E-state index is 15.0. The second-order valence-corrected chi connectivity index (χ2v) is 8.78. The van der Waals surface area contributed by atoms with E-state index in [1.165, 1.54) is 49.8 Å². The molecule has 1 saturated carbocycles. The molecule has 156 valence electrons. The molecule has 1 aliphatic rings. The van der Waals surface area contributed by atoms with Crippen molar-refractivity contribution in [3.05, 3.63) is 95.6 Å². The van der Waals surface area contributed by atoms with E-state index in [2.05, 4.69) is 24.8 Å². The first-order chi connectivity index (χ1) is 14.6. The molecule has 3 aromatic carbocycles. The molecule has 0 N–H and O–H groups in total. The van der Waals surface area contributed by atoms with Gasteiger partial charge in [-0.3, -0.25) is 0 Å². The van der Waals surface area contributed by atoms with Crippen LogP contribution in [0.25, 0.3) is 10.8 Å². The first kappa shape index (κ1) is 20.8. The fourth-order valence-electron chi connectivity index (χ4n) is 4.75. The fraction of sp³-hybridized carbons (Fsp3) is 0.357. The largest absolute Gasteiger partial charge is 0.207 e. The Labute approximate surface area is 178 Å². The molecule has 0 aliphatic heterocycles. The maximum absolute atomic E-state index is 15.0. The second-order valence-electron chi connectivity index (χ2n) is 8.78. The smallest absolute Gasteiger partial charge is 0.134 e. The van der Waals surface area contributed by atoms with Crippen molar-refractivity contribution in [2.24, 2.45) is 11.8 Å². The van der Waals surface area contributed by atoms with Gasteiger partial charge in [-0.15, -0.1) is 6.58 Å². The van der Waals surface area contributed by atoms with Gasteiger partial charge in [0, 0.05) is 5.39 Å². The number of halogens is 2. The summed E-state index contributed by atoms with van der Waals surface area (Å²) in [6.45, 7) is 3.93. The van der Waals surface area contributed by atoms with E-state index in [4.69, 9.17) is 0 Å². The molecule has 1 aliphatic carbocycles. The normalized spacial score (nSPS) is 19.1. The monoisotopic (exact) mass is 404 g/mol. The molecule has 3 aromatic rings. The van der Waals surface area contributed by atoms with Gasteiger partial charge in [0.05, 0.1) is 0 Å². The van der Waals surface area contributed by atoms with E-state index in [1.807, 2.05) is 18.2 Å². The highest BCUT2D eigenvalue weighted by atomic mass is 19.1. The summed E-state index contributed by atoms with van der Waals surface area (Å²) in [5.74, 6) is 1.16. The Morgan fingerprint density at radius 3 is 2.27 bits per heavy atom. The highest BCUT2D eigenvalue weighted by molar-refractivity contribution is 5.84. The van der Waals surface area contributed by atoms with Crippen LogP contribution in [0.1, 0.15) is 48.8 Å². The number of hydrogen-bond donors (Lipinski definition) is 0. The van der Waals surface area contributed by atoms with Gasteiger partial charge in [-0.2, -0.15) is 0 Å². The van der Waals surface area contributed by atoms with Crippen LogP contribution in [-0.2, 0) is 19.3 Å². The molecule has 2 heteroatoms. The van der Waals surface area contributed by atoms with Crippen LogP contribution in [0, 0.1) is 23.5 Å². The third kappa shape index (κ3) is 4.98. The van der Waals surface area contributed by atoms with Gasteiger partial charge >= 0.3 is 0 Å².